The van der Waals surface area contributed by atoms with E-state index in [4.69, 9.17) is 5.73 Å². The summed E-state index contributed by atoms with van der Waals surface area (Å²) >= 11 is 5.30. The molecule has 1 aromatic carbocycles. The summed E-state index contributed by atoms with van der Waals surface area (Å²) in [5.41, 5.74) is 5.60. The Labute approximate surface area is 207 Å². The molecule has 2 N–H and O–H groups in total. The third kappa shape index (κ3) is 2.64. The van der Waals surface area contributed by atoms with E-state index in [1.54, 1.807) is 12.1 Å². The van der Waals surface area contributed by atoms with Crippen LogP contribution < -0.4 is 5.73 Å². The van der Waals surface area contributed by atoms with E-state index in [2.05, 4.69) is 0 Å². The second kappa shape index (κ2) is 6.60. The summed E-state index contributed by atoms with van der Waals surface area (Å²) in [4.78, 5) is 4.92. The van der Waals surface area contributed by atoms with Crippen LogP contribution in [0, 0.1) is 6.92 Å². The lowest BCUT2D eigenvalue weighted by Crippen LogP contribution is -2.13. The van der Waals surface area contributed by atoms with Crippen molar-refractivity contribution in [1.29, 1.82) is 0 Å². The van der Waals surface area contributed by atoms with Crippen LogP contribution in [0.2, 0.25) is 0 Å². The molecule has 0 spiro atoms. The minimum atomic E-state index is -3.25. The van der Waals surface area contributed by atoms with Crippen molar-refractivity contribution in [3.05, 3.63) is 75.7 Å². The highest BCUT2D eigenvalue weighted by Gasteiger charge is 2.51. The zero-order valence-corrected chi connectivity index (χ0v) is 20.6. The van der Waals surface area contributed by atoms with Gasteiger partial charge in [0.05, 0.1) is 5.00 Å². The van der Waals surface area contributed by atoms with Crippen molar-refractivity contribution >= 4 is 50.3 Å². The Hall–Kier alpha value is -2.46. The SMILES string of the molecule is Cc1ccc(-c2cc3c(s2)-c2cc4c(cc2C3(F)F)-c2sc(-c3ccc(N)s3)cc2C4(F)F)s1. The lowest BCUT2D eigenvalue weighted by atomic mass is 9.99. The van der Waals surface area contributed by atoms with Gasteiger partial charge in [-0.05, 0) is 55.5 Å². The fraction of sp³-hybridized carbons (Fsp3) is 0.120. The highest BCUT2D eigenvalue weighted by Crippen LogP contribution is 2.62. The molecule has 0 fully saturated rings. The summed E-state index contributed by atoms with van der Waals surface area (Å²) in [7, 11) is 0. The average Bonchev–Trinajstić information content (AvgIpc) is 3.58. The Morgan fingerprint density at radius 1 is 0.588 bits per heavy atom. The molecule has 7 rings (SSSR count). The molecule has 9 heteroatoms. The van der Waals surface area contributed by atoms with Gasteiger partial charge in [-0.25, -0.2) is 0 Å². The largest absolute Gasteiger partial charge is 0.391 e. The monoisotopic (exact) mass is 531 g/mol. The zero-order chi connectivity index (χ0) is 23.6. The number of alkyl halides is 4. The summed E-state index contributed by atoms with van der Waals surface area (Å²) in [5.74, 6) is -6.48. The van der Waals surface area contributed by atoms with Crippen molar-refractivity contribution in [2.75, 3.05) is 5.73 Å². The molecule has 170 valence electrons. The molecule has 4 aromatic heterocycles. The Kier molecular flexibility index (Phi) is 4.05. The van der Waals surface area contributed by atoms with Crippen molar-refractivity contribution in [3.8, 4) is 40.4 Å². The third-order valence-electron chi connectivity index (χ3n) is 6.32. The number of fused-ring (bicyclic) bond motifs is 6. The molecule has 5 aromatic rings. The number of nitrogen functional groups attached to an aromatic ring is 1. The van der Waals surface area contributed by atoms with Gasteiger partial charge in [-0.1, -0.05) is 0 Å². The first-order valence-electron chi connectivity index (χ1n) is 10.3. The van der Waals surface area contributed by atoms with Crippen LogP contribution in [0.5, 0.6) is 0 Å². The van der Waals surface area contributed by atoms with Gasteiger partial charge < -0.3 is 5.73 Å². The lowest BCUT2D eigenvalue weighted by molar-refractivity contribution is 0.0453. The molecule has 34 heavy (non-hydrogen) atoms. The molecule has 0 unspecified atom stereocenters. The fourth-order valence-corrected chi connectivity index (χ4v) is 8.98. The Morgan fingerprint density at radius 3 is 1.53 bits per heavy atom. The van der Waals surface area contributed by atoms with Gasteiger partial charge in [-0.2, -0.15) is 17.6 Å². The quantitative estimate of drug-likeness (QED) is 0.226. The number of anilines is 1. The van der Waals surface area contributed by atoms with E-state index < -0.39 is 11.8 Å². The zero-order valence-electron chi connectivity index (χ0n) is 17.3. The van der Waals surface area contributed by atoms with E-state index in [0.29, 0.717) is 19.6 Å². The lowest BCUT2D eigenvalue weighted by Gasteiger charge is -2.16. The van der Waals surface area contributed by atoms with E-state index in [9.17, 15) is 0 Å². The minimum Gasteiger partial charge on any atom is -0.391 e. The molecular formula is C25H13F4NS4. The van der Waals surface area contributed by atoms with Crippen LogP contribution in [0.25, 0.3) is 40.4 Å². The molecule has 2 aliphatic carbocycles. The smallest absolute Gasteiger partial charge is 0.300 e. The second-order valence-corrected chi connectivity index (χ2v) is 12.9. The molecule has 0 atom stereocenters. The molecule has 1 nitrogen and oxygen atoms in total. The van der Waals surface area contributed by atoms with Gasteiger partial charge in [-0.15, -0.1) is 45.3 Å². The molecule has 0 aliphatic heterocycles. The van der Waals surface area contributed by atoms with Crippen molar-refractivity contribution in [1.82, 2.24) is 0 Å². The summed E-state index contributed by atoms with van der Waals surface area (Å²) in [6.07, 6.45) is 0. The van der Waals surface area contributed by atoms with Crippen molar-refractivity contribution in [3.63, 3.8) is 0 Å². The Morgan fingerprint density at radius 2 is 1.09 bits per heavy atom. The maximum atomic E-state index is 15.6. The van der Waals surface area contributed by atoms with E-state index in [1.165, 1.54) is 69.6 Å². The maximum Gasteiger partial charge on any atom is 0.300 e. The molecule has 0 saturated carbocycles. The second-order valence-electron chi connectivity index (χ2n) is 8.41. The number of halogens is 4. The first-order chi connectivity index (χ1) is 16.1. The summed E-state index contributed by atoms with van der Waals surface area (Å²) in [5, 5.41) is 0.594. The van der Waals surface area contributed by atoms with Gasteiger partial charge >= 0.3 is 11.8 Å². The number of thiophene rings is 4. The van der Waals surface area contributed by atoms with Gasteiger partial charge in [-0.3, -0.25) is 0 Å². The van der Waals surface area contributed by atoms with Crippen LogP contribution in [0.1, 0.15) is 27.1 Å². The van der Waals surface area contributed by atoms with Crippen LogP contribution in [-0.2, 0) is 11.8 Å². The third-order valence-corrected chi connectivity index (χ3v) is 11.0. The molecule has 2 aliphatic rings. The van der Waals surface area contributed by atoms with Gasteiger partial charge in [0.15, 0.2) is 0 Å². The highest BCUT2D eigenvalue weighted by molar-refractivity contribution is 7.25. The van der Waals surface area contributed by atoms with Crippen LogP contribution in [0.3, 0.4) is 0 Å². The molecule has 0 bridgehead atoms. The van der Waals surface area contributed by atoms with Gasteiger partial charge in [0.2, 0.25) is 0 Å². The number of hydrogen-bond donors (Lipinski definition) is 1. The minimum absolute atomic E-state index is 0.0957. The first kappa shape index (κ1) is 20.9. The van der Waals surface area contributed by atoms with Gasteiger partial charge in [0.25, 0.3) is 0 Å². The van der Waals surface area contributed by atoms with E-state index >= 15 is 17.6 Å². The van der Waals surface area contributed by atoms with Crippen LogP contribution >= 0.6 is 45.3 Å². The van der Waals surface area contributed by atoms with Gasteiger partial charge in [0, 0.05) is 67.5 Å². The summed E-state index contributed by atoms with van der Waals surface area (Å²) in [6, 6.07) is 13.0. The normalized spacial score (nSPS) is 16.4. The number of hydrogen-bond acceptors (Lipinski definition) is 5. The Bertz CT molecular complexity index is 1530. The predicted octanol–water partition coefficient (Wildman–Crippen LogP) is 9.40. The van der Waals surface area contributed by atoms with Gasteiger partial charge in [0.1, 0.15) is 0 Å². The molecule has 0 radical (unpaired) electrons. The van der Waals surface area contributed by atoms with Crippen molar-refractivity contribution in [2.24, 2.45) is 0 Å². The predicted molar refractivity (Wildman–Crippen MR) is 135 cm³/mol. The number of rotatable bonds is 2. The summed E-state index contributed by atoms with van der Waals surface area (Å²) < 4.78 is 62.3. The van der Waals surface area contributed by atoms with Crippen molar-refractivity contribution in [2.45, 2.75) is 18.8 Å². The highest BCUT2D eigenvalue weighted by atomic mass is 32.1. The number of benzene rings is 1. The van der Waals surface area contributed by atoms with Crippen LogP contribution in [0.4, 0.5) is 22.6 Å². The number of nitrogens with two attached hydrogens (primary N) is 1. The Balaban J connectivity index is 1.40. The molecule has 0 amide bonds. The average molecular weight is 532 g/mol. The summed E-state index contributed by atoms with van der Waals surface area (Å²) in [6.45, 7) is 1.96. The van der Waals surface area contributed by atoms with Crippen molar-refractivity contribution < 1.29 is 17.6 Å². The fourth-order valence-electron chi connectivity index (χ4n) is 4.73. The molecular weight excluding hydrogens is 519 g/mol. The topological polar surface area (TPSA) is 26.0 Å². The van der Waals surface area contributed by atoms with E-state index in [1.807, 2.05) is 19.1 Å². The maximum absolute atomic E-state index is 15.6. The van der Waals surface area contributed by atoms with Crippen LogP contribution in [0.15, 0.2) is 48.5 Å². The van der Waals surface area contributed by atoms with Crippen LogP contribution in [-0.4, -0.2) is 0 Å². The number of aryl methyl sites for hydroxylation is 1. The standard InChI is InChI=1S/C25H13F4NS4/c1-10-2-3-17(31-10)19-8-15-22(33-19)11-6-14-12(7-13(11)24(15,26)27)23-16(25(14,28)29)9-20(34-23)18-4-5-21(30)32-18/h2-9H,30H2,1H3. The molecule has 0 saturated heterocycles. The first-order valence-corrected chi connectivity index (χ1v) is 13.6. The van der Waals surface area contributed by atoms with E-state index in [0.717, 1.165) is 19.5 Å². The molecule has 4 heterocycles. The van der Waals surface area contributed by atoms with E-state index in [-0.39, 0.29) is 33.4 Å².